The summed E-state index contributed by atoms with van der Waals surface area (Å²) in [6.45, 7) is 6.23. The molecule has 1 aliphatic heterocycles. The van der Waals surface area contributed by atoms with E-state index in [2.05, 4.69) is 6.92 Å². The minimum atomic E-state index is -0.794. The van der Waals surface area contributed by atoms with E-state index in [0.717, 1.165) is 30.7 Å². The predicted molar refractivity (Wildman–Crippen MR) is 101 cm³/mol. The van der Waals surface area contributed by atoms with Crippen LogP contribution >= 0.6 is 0 Å². The standard InChI is InChI=1S/C20H30N2O4/c1-4-21(14-20(24)25)17-8-10-22(11-9-17)19(23)12-15(2)16-6-5-7-18(13-16)26-3/h5-7,13,15,17H,4,8-12,14H2,1-3H3,(H,24,25). The van der Waals surface area contributed by atoms with Crippen molar-refractivity contribution in [1.29, 1.82) is 0 Å². The summed E-state index contributed by atoms with van der Waals surface area (Å²) in [6.07, 6.45) is 2.14. The van der Waals surface area contributed by atoms with Gasteiger partial charge in [0.05, 0.1) is 13.7 Å². The second kappa shape index (κ2) is 9.57. The van der Waals surface area contributed by atoms with E-state index in [9.17, 15) is 9.59 Å². The Hall–Kier alpha value is -2.08. The van der Waals surface area contributed by atoms with E-state index in [1.54, 1.807) is 7.11 Å². The lowest BCUT2D eigenvalue weighted by molar-refractivity contribution is -0.140. The molecule has 6 heteroatoms. The van der Waals surface area contributed by atoms with Gasteiger partial charge < -0.3 is 14.7 Å². The number of nitrogens with zero attached hydrogens (tertiary/aromatic N) is 2. The van der Waals surface area contributed by atoms with Crippen molar-refractivity contribution in [3.05, 3.63) is 29.8 Å². The van der Waals surface area contributed by atoms with E-state index >= 15 is 0 Å². The quantitative estimate of drug-likeness (QED) is 0.770. The number of carboxylic acids is 1. The number of rotatable bonds is 8. The van der Waals surface area contributed by atoms with Gasteiger partial charge in [-0.2, -0.15) is 0 Å². The Balaban J connectivity index is 1.86. The van der Waals surface area contributed by atoms with E-state index in [4.69, 9.17) is 9.84 Å². The lowest BCUT2D eigenvalue weighted by Gasteiger charge is -2.37. The molecule has 0 spiro atoms. The van der Waals surface area contributed by atoms with Gasteiger partial charge in [0, 0.05) is 25.6 Å². The Bertz CT molecular complexity index is 612. The number of methoxy groups -OCH3 is 1. The van der Waals surface area contributed by atoms with Gasteiger partial charge >= 0.3 is 5.97 Å². The first-order chi connectivity index (χ1) is 12.4. The molecule has 1 fully saturated rings. The van der Waals surface area contributed by atoms with E-state index in [-0.39, 0.29) is 24.4 Å². The Kier molecular flexibility index (Phi) is 7.45. The van der Waals surface area contributed by atoms with Crippen LogP contribution in [0.5, 0.6) is 5.75 Å². The van der Waals surface area contributed by atoms with Crippen LogP contribution in [0, 0.1) is 0 Å². The molecular weight excluding hydrogens is 332 g/mol. The molecule has 1 aromatic carbocycles. The van der Waals surface area contributed by atoms with Gasteiger partial charge in [-0.05, 0) is 43.0 Å². The maximum atomic E-state index is 12.6. The van der Waals surface area contributed by atoms with Gasteiger partial charge in [0.2, 0.25) is 5.91 Å². The molecule has 0 aliphatic carbocycles. The molecule has 1 N–H and O–H groups in total. The summed E-state index contributed by atoms with van der Waals surface area (Å²) in [7, 11) is 1.64. The Morgan fingerprint density at radius 2 is 2.04 bits per heavy atom. The SMILES string of the molecule is CCN(CC(=O)O)C1CCN(C(=O)CC(C)c2cccc(OC)c2)CC1. The number of likely N-dealkylation sites (tertiary alicyclic amines) is 1. The third kappa shape index (κ3) is 5.46. The highest BCUT2D eigenvalue weighted by molar-refractivity contribution is 5.77. The van der Waals surface area contributed by atoms with Crippen LogP contribution in [-0.2, 0) is 9.59 Å². The van der Waals surface area contributed by atoms with Crippen LogP contribution in [0.3, 0.4) is 0 Å². The zero-order valence-electron chi connectivity index (χ0n) is 16.0. The van der Waals surface area contributed by atoms with Crippen LogP contribution in [-0.4, -0.2) is 66.1 Å². The molecule has 1 amide bonds. The summed E-state index contributed by atoms with van der Waals surface area (Å²) in [5, 5.41) is 9.02. The van der Waals surface area contributed by atoms with Crippen LogP contribution < -0.4 is 4.74 Å². The number of benzene rings is 1. The van der Waals surface area contributed by atoms with E-state index < -0.39 is 5.97 Å². The van der Waals surface area contributed by atoms with Gasteiger partial charge in [0.15, 0.2) is 0 Å². The number of carbonyl (C=O) groups excluding carboxylic acids is 1. The van der Waals surface area contributed by atoms with E-state index in [1.165, 1.54) is 0 Å². The number of ether oxygens (including phenoxy) is 1. The maximum Gasteiger partial charge on any atom is 0.317 e. The normalized spacial score (nSPS) is 16.5. The Morgan fingerprint density at radius 3 is 2.62 bits per heavy atom. The summed E-state index contributed by atoms with van der Waals surface area (Å²) in [5.74, 6) is 0.313. The van der Waals surface area contributed by atoms with Gasteiger partial charge in [-0.1, -0.05) is 26.0 Å². The maximum absolute atomic E-state index is 12.6. The second-order valence-corrected chi connectivity index (χ2v) is 6.95. The molecule has 26 heavy (non-hydrogen) atoms. The van der Waals surface area contributed by atoms with Crippen molar-refractivity contribution >= 4 is 11.9 Å². The molecular formula is C20H30N2O4. The zero-order chi connectivity index (χ0) is 19.1. The number of carbonyl (C=O) groups is 2. The fourth-order valence-electron chi connectivity index (χ4n) is 3.61. The van der Waals surface area contributed by atoms with Crippen LogP contribution in [0.4, 0.5) is 0 Å². The van der Waals surface area contributed by atoms with Gasteiger partial charge in [-0.25, -0.2) is 0 Å². The average Bonchev–Trinajstić information content (AvgIpc) is 2.66. The molecule has 1 aliphatic rings. The van der Waals surface area contributed by atoms with Gasteiger partial charge in [-0.15, -0.1) is 0 Å². The van der Waals surface area contributed by atoms with Crippen molar-refractivity contribution in [3.8, 4) is 5.75 Å². The molecule has 144 valence electrons. The van der Waals surface area contributed by atoms with Crippen molar-refractivity contribution < 1.29 is 19.4 Å². The van der Waals surface area contributed by atoms with Crippen molar-refractivity contribution in [1.82, 2.24) is 9.80 Å². The van der Waals surface area contributed by atoms with Crippen molar-refractivity contribution in [2.45, 2.75) is 45.1 Å². The van der Waals surface area contributed by atoms with Crippen LogP contribution in [0.2, 0.25) is 0 Å². The molecule has 1 heterocycles. The van der Waals surface area contributed by atoms with Gasteiger partial charge in [0.1, 0.15) is 5.75 Å². The molecule has 1 saturated heterocycles. The molecule has 2 rings (SSSR count). The minimum Gasteiger partial charge on any atom is -0.497 e. The first kappa shape index (κ1) is 20.2. The topological polar surface area (TPSA) is 70.1 Å². The molecule has 0 bridgehead atoms. The summed E-state index contributed by atoms with van der Waals surface area (Å²) < 4.78 is 5.26. The fourth-order valence-corrected chi connectivity index (χ4v) is 3.61. The van der Waals surface area contributed by atoms with Crippen LogP contribution in [0.15, 0.2) is 24.3 Å². The number of likely N-dealkylation sites (N-methyl/N-ethyl adjacent to an activating group) is 1. The summed E-state index contributed by atoms with van der Waals surface area (Å²) in [4.78, 5) is 27.5. The lowest BCUT2D eigenvalue weighted by atomic mass is 9.96. The highest BCUT2D eigenvalue weighted by atomic mass is 16.5. The predicted octanol–water partition coefficient (Wildman–Crippen LogP) is 2.59. The number of amides is 1. The Labute approximate surface area is 155 Å². The highest BCUT2D eigenvalue weighted by Gasteiger charge is 2.27. The number of piperidine rings is 1. The molecule has 0 radical (unpaired) electrons. The molecule has 1 aromatic rings. The van der Waals surface area contributed by atoms with Crippen molar-refractivity contribution in [2.24, 2.45) is 0 Å². The van der Waals surface area contributed by atoms with E-state index in [0.29, 0.717) is 19.5 Å². The molecule has 1 unspecified atom stereocenters. The third-order valence-electron chi connectivity index (χ3n) is 5.22. The summed E-state index contributed by atoms with van der Waals surface area (Å²) in [5.41, 5.74) is 1.10. The molecule has 0 saturated carbocycles. The van der Waals surface area contributed by atoms with Crippen LogP contribution in [0.25, 0.3) is 0 Å². The minimum absolute atomic E-state index is 0.0714. The molecule has 1 atom stereocenters. The monoisotopic (exact) mass is 362 g/mol. The van der Waals surface area contributed by atoms with Gasteiger partial charge in [0.25, 0.3) is 0 Å². The zero-order valence-corrected chi connectivity index (χ0v) is 16.0. The number of hydrogen-bond donors (Lipinski definition) is 1. The first-order valence-corrected chi connectivity index (χ1v) is 9.32. The summed E-state index contributed by atoms with van der Waals surface area (Å²) >= 11 is 0. The summed E-state index contributed by atoms with van der Waals surface area (Å²) in [6, 6.07) is 8.10. The van der Waals surface area contributed by atoms with Crippen LogP contribution in [0.1, 0.15) is 44.6 Å². The number of carboxylic acid groups (broad SMARTS) is 1. The number of aliphatic carboxylic acids is 1. The average molecular weight is 362 g/mol. The smallest absolute Gasteiger partial charge is 0.317 e. The molecule has 0 aromatic heterocycles. The van der Waals surface area contributed by atoms with Crippen molar-refractivity contribution in [2.75, 3.05) is 33.3 Å². The second-order valence-electron chi connectivity index (χ2n) is 6.95. The first-order valence-electron chi connectivity index (χ1n) is 9.32. The third-order valence-corrected chi connectivity index (χ3v) is 5.22. The van der Waals surface area contributed by atoms with E-state index in [1.807, 2.05) is 41.0 Å². The van der Waals surface area contributed by atoms with Gasteiger partial charge in [-0.3, -0.25) is 14.5 Å². The highest BCUT2D eigenvalue weighted by Crippen LogP contribution is 2.25. The molecule has 6 nitrogen and oxygen atoms in total. The largest absolute Gasteiger partial charge is 0.497 e. The Morgan fingerprint density at radius 1 is 1.35 bits per heavy atom. The lowest BCUT2D eigenvalue weighted by Crippen LogP contribution is -2.48. The van der Waals surface area contributed by atoms with Crippen molar-refractivity contribution in [3.63, 3.8) is 0 Å². The fraction of sp³-hybridized carbons (Fsp3) is 0.600. The number of hydrogen-bond acceptors (Lipinski definition) is 4.